The molecule has 4 heteroatoms. The molecule has 84 valence electrons. The second-order valence-corrected chi connectivity index (χ2v) is 4.17. The summed E-state index contributed by atoms with van der Waals surface area (Å²) < 4.78 is 10.9. The van der Waals surface area contributed by atoms with Crippen LogP contribution in [0.5, 0.6) is 11.5 Å². The highest BCUT2D eigenvalue weighted by Crippen LogP contribution is 2.36. The lowest BCUT2D eigenvalue weighted by Gasteiger charge is -2.27. The largest absolute Gasteiger partial charge is 0.493 e. The number of nitrogens with zero attached hydrogens (tertiary/aromatic N) is 1. The molecule has 0 bridgehead atoms. The van der Waals surface area contributed by atoms with Gasteiger partial charge in [-0.2, -0.15) is 5.26 Å². The fourth-order valence-electron chi connectivity index (χ4n) is 1.54. The second kappa shape index (κ2) is 4.63. The predicted octanol–water partition coefficient (Wildman–Crippen LogP) is 3.15. The van der Waals surface area contributed by atoms with Crippen LogP contribution in [0.3, 0.4) is 0 Å². The van der Waals surface area contributed by atoms with Crippen LogP contribution in [-0.4, -0.2) is 13.2 Å². The van der Waals surface area contributed by atoms with Gasteiger partial charge in [0.1, 0.15) is 6.07 Å². The van der Waals surface area contributed by atoms with Gasteiger partial charge in [0.15, 0.2) is 11.5 Å². The molecule has 1 fully saturated rings. The van der Waals surface area contributed by atoms with Gasteiger partial charge < -0.3 is 9.47 Å². The average Bonchev–Trinajstić information content (AvgIpc) is 2.24. The first kappa shape index (κ1) is 11.1. The Balaban J connectivity index is 2.29. The summed E-state index contributed by atoms with van der Waals surface area (Å²) in [5.41, 5.74) is 0.414. The quantitative estimate of drug-likeness (QED) is 0.811. The van der Waals surface area contributed by atoms with E-state index in [1.807, 2.05) is 6.07 Å². The van der Waals surface area contributed by atoms with Gasteiger partial charge in [0.25, 0.3) is 0 Å². The lowest BCUT2D eigenvalue weighted by atomic mass is 9.96. The predicted molar refractivity (Wildman–Crippen MR) is 61.0 cm³/mol. The van der Waals surface area contributed by atoms with E-state index in [0.29, 0.717) is 22.1 Å². The van der Waals surface area contributed by atoms with Gasteiger partial charge in [0.2, 0.25) is 0 Å². The van der Waals surface area contributed by atoms with E-state index in [1.165, 1.54) is 6.42 Å². The SMILES string of the molecule is COc1cc(Cl)c(C#N)cc1OC1CCC1. The van der Waals surface area contributed by atoms with E-state index in [0.717, 1.165) is 12.8 Å². The summed E-state index contributed by atoms with van der Waals surface area (Å²) >= 11 is 5.91. The Morgan fingerprint density at radius 3 is 2.62 bits per heavy atom. The van der Waals surface area contributed by atoms with Crippen LogP contribution < -0.4 is 9.47 Å². The summed E-state index contributed by atoms with van der Waals surface area (Å²) in [5.74, 6) is 1.18. The number of benzene rings is 1. The van der Waals surface area contributed by atoms with Crippen LogP contribution >= 0.6 is 11.6 Å². The van der Waals surface area contributed by atoms with E-state index < -0.39 is 0 Å². The third-order valence-electron chi connectivity index (χ3n) is 2.72. The topological polar surface area (TPSA) is 42.2 Å². The standard InChI is InChI=1S/C12H12ClNO2/c1-15-11-6-10(13)8(7-14)5-12(11)16-9-3-2-4-9/h5-6,9H,2-4H2,1H3. The Kier molecular flexibility index (Phi) is 3.21. The van der Waals surface area contributed by atoms with Crippen LogP contribution in [-0.2, 0) is 0 Å². The number of hydrogen-bond acceptors (Lipinski definition) is 3. The Morgan fingerprint density at radius 1 is 1.38 bits per heavy atom. The number of nitriles is 1. The Bertz CT molecular complexity index is 435. The van der Waals surface area contributed by atoms with Crippen molar-refractivity contribution < 1.29 is 9.47 Å². The molecule has 1 aromatic carbocycles. The number of hydrogen-bond donors (Lipinski definition) is 0. The molecule has 1 saturated carbocycles. The maximum Gasteiger partial charge on any atom is 0.162 e. The van der Waals surface area contributed by atoms with Crippen molar-refractivity contribution in [1.82, 2.24) is 0 Å². The van der Waals surface area contributed by atoms with Gasteiger partial charge in [-0.25, -0.2) is 0 Å². The van der Waals surface area contributed by atoms with Crippen molar-refractivity contribution in [3.8, 4) is 17.6 Å². The number of rotatable bonds is 3. The third kappa shape index (κ3) is 2.07. The average molecular weight is 238 g/mol. The summed E-state index contributed by atoms with van der Waals surface area (Å²) in [7, 11) is 1.56. The molecule has 1 aliphatic rings. The maximum atomic E-state index is 8.88. The van der Waals surface area contributed by atoms with Crippen LogP contribution in [0, 0.1) is 11.3 Å². The zero-order valence-electron chi connectivity index (χ0n) is 9.00. The number of methoxy groups -OCH3 is 1. The third-order valence-corrected chi connectivity index (χ3v) is 3.03. The molecular weight excluding hydrogens is 226 g/mol. The van der Waals surface area contributed by atoms with Crippen molar-refractivity contribution >= 4 is 11.6 Å². The molecule has 3 nitrogen and oxygen atoms in total. The molecule has 0 amide bonds. The fraction of sp³-hybridized carbons (Fsp3) is 0.417. The van der Waals surface area contributed by atoms with Crippen LogP contribution in [0.2, 0.25) is 5.02 Å². The Hall–Kier alpha value is -1.40. The molecule has 2 rings (SSSR count). The first-order chi connectivity index (χ1) is 7.74. The molecule has 0 heterocycles. The van der Waals surface area contributed by atoms with Gasteiger partial charge in [-0.1, -0.05) is 11.6 Å². The molecule has 0 N–H and O–H groups in total. The van der Waals surface area contributed by atoms with Gasteiger partial charge in [0.05, 0.1) is 23.8 Å². The Labute approximate surface area is 99.5 Å². The van der Waals surface area contributed by atoms with Gasteiger partial charge in [-0.05, 0) is 19.3 Å². The molecule has 0 aliphatic heterocycles. The molecule has 0 atom stereocenters. The van der Waals surface area contributed by atoms with Gasteiger partial charge in [-0.15, -0.1) is 0 Å². The lowest BCUT2D eigenvalue weighted by molar-refractivity contribution is 0.116. The maximum absolute atomic E-state index is 8.88. The van der Waals surface area contributed by atoms with Crippen molar-refractivity contribution in [2.75, 3.05) is 7.11 Å². The van der Waals surface area contributed by atoms with Crippen LogP contribution in [0.15, 0.2) is 12.1 Å². The minimum Gasteiger partial charge on any atom is -0.493 e. The summed E-state index contributed by atoms with van der Waals surface area (Å²) in [5, 5.41) is 9.27. The van der Waals surface area contributed by atoms with E-state index in [-0.39, 0.29) is 6.10 Å². The summed E-state index contributed by atoms with van der Waals surface area (Å²) in [6.07, 6.45) is 3.58. The van der Waals surface area contributed by atoms with Crippen LogP contribution in [0.25, 0.3) is 0 Å². The van der Waals surface area contributed by atoms with Gasteiger partial charge >= 0.3 is 0 Å². The molecule has 0 radical (unpaired) electrons. The van der Waals surface area contributed by atoms with Crippen LogP contribution in [0.1, 0.15) is 24.8 Å². The molecule has 0 unspecified atom stereocenters. The van der Waals surface area contributed by atoms with Crippen molar-refractivity contribution in [3.63, 3.8) is 0 Å². The van der Waals surface area contributed by atoms with E-state index in [9.17, 15) is 0 Å². The van der Waals surface area contributed by atoms with E-state index in [4.69, 9.17) is 26.3 Å². The van der Waals surface area contributed by atoms with Crippen molar-refractivity contribution in [1.29, 1.82) is 5.26 Å². The van der Waals surface area contributed by atoms with Crippen molar-refractivity contribution in [2.45, 2.75) is 25.4 Å². The van der Waals surface area contributed by atoms with E-state index >= 15 is 0 Å². The first-order valence-electron chi connectivity index (χ1n) is 5.19. The zero-order valence-corrected chi connectivity index (χ0v) is 9.75. The zero-order chi connectivity index (χ0) is 11.5. The molecular formula is C12H12ClNO2. The lowest BCUT2D eigenvalue weighted by Crippen LogP contribution is -2.24. The highest BCUT2D eigenvalue weighted by Gasteiger charge is 2.21. The highest BCUT2D eigenvalue weighted by atomic mass is 35.5. The number of ether oxygens (including phenoxy) is 2. The summed E-state index contributed by atoms with van der Waals surface area (Å²) in [4.78, 5) is 0. The molecule has 16 heavy (non-hydrogen) atoms. The summed E-state index contributed by atoms with van der Waals surface area (Å²) in [6.45, 7) is 0. The van der Waals surface area contributed by atoms with Crippen molar-refractivity contribution in [3.05, 3.63) is 22.7 Å². The fourth-order valence-corrected chi connectivity index (χ4v) is 1.74. The summed E-state index contributed by atoms with van der Waals surface area (Å²) in [6, 6.07) is 5.29. The molecule has 0 saturated heterocycles. The monoisotopic (exact) mass is 237 g/mol. The molecule has 0 spiro atoms. The molecule has 1 aromatic rings. The molecule has 1 aliphatic carbocycles. The van der Waals surface area contributed by atoms with E-state index in [2.05, 4.69) is 0 Å². The molecule has 0 aromatic heterocycles. The minimum atomic E-state index is 0.251. The van der Waals surface area contributed by atoms with Gasteiger partial charge in [-0.3, -0.25) is 0 Å². The highest BCUT2D eigenvalue weighted by molar-refractivity contribution is 6.31. The normalized spacial score (nSPS) is 15.1. The minimum absolute atomic E-state index is 0.251. The Morgan fingerprint density at radius 2 is 2.12 bits per heavy atom. The van der Waals surface area contributed by atoms with Crippen LogP contribution in [0.4, 0.5) is 0 Å². The first-order valence-corrected chi connectivity index (χ1v) is 5.56. The second-order valence-electron chi connectivity index (χ2n) is 3.77. The van der Waals surface area contributed by atoms with Crippen molar-refractivity contribution in [2.24, 2.45) is 0 Å². The van der Waals surface area contributed by atoms with E-state index in [1.54, 1.807) is 19.2 Å². The number of halogens is 1. The smallest absolute Gasteiger partial charge is 0.162 e. The van der Waals surface area contributed by atoms with Gasteiger partial charge in [0, 0.05) is 12.1 Å².